The predicted octanol–water partition coefficient (Wildman–Crippen LogP) is 3.74. The molecule has 0 aromatic heterocycles. The summed E-state index contributed by atoms with van der Waals surface area (Å²) < 4.78 is 38.3. The van der Waals surface area contributed by atoms with Gasteiger partial charge in [0.1, 0.15) is 0 Å². The van der Waals surface area contributed by atoms with Gasteiger partial charge in [0, 0.05) is 12.1 Å². The van der Waals surface area contributed by atoms with Crippen LogP contribution in [0.25, 0.3) is 0 Å². The highest BCUT2D eigenvalue weighted by Crippen LogP contribution is 2.27. The molecule has 3 aromatic rings. The summed E-state index contributed by atoms with van der Waals surface area (Å²) in [5.41, 5.74) is 2.10. The van der Waals surface area contributed by atoms with E-state index in [1.807, 2.05) is 6.07 Å². The van der Waals surface area contributed by atoms with Crippen molar-refractivity contribution in [3.8, 4) is 11.5 Å². The lowest BCUT2D eigenvalue weighted by Gasteiger charge is -2.14. The number of methoxy groups -OCH3 is 2. The van der Waals surface area contributed by atoms with Crippen molar-refractivity contribution < 1.29 is 22.7 Å². The molecule has 0 radical (unpaired) electrons. The Morgan fingerprint density at radius 3 is 2.29 bits per heavy atom. The molecule has 2 N–H and O–H groups in total. The average Bonchev–Trinajstić information content (AvgIpc) is 2.79. The van der Waals surface area contributed by atoms with Crippen LogP contribution in [0, 0.1) is 6.92 Å². The number of nitrogens with one attached hydrogen (secondary N) is 2. The van der Waals surface area contributed by atoms with Crippen LogP contribution < -0.4 is 19.5 Å². The van der Waals surface area contributed by atoms with Gasteiger partial charge in [-0.05, 0) is 54.4 Å². The molecule has 3 aromatic carbocycles. The zero-order chi connectivity index (χ0) is 22.4. The molecule has 162 valence electrons. The molecule has 0 saturated heterocycles. The molecule has 7 nitrogen and oxygen atoms in total. The third kappa shape index (κ3) is 5.16. The van der Waals surface area contributed by atoms with Crippen LogP contribution in [0.15, 0.2) is 71.6 Å². The number of ether oxygens (including phenoxy) is 2. The summed E-state index contributed by atoms with van der Waals surface area (Å²) >= 11 is 0. The number of sulfonamides is 1. The summed E-state index contributed by atoms with van der Waals surface area (Å²) in [5, 5.41) is 2.85. The van der Waals surface area contributed by atoms with Gasteiger partial charge in [0.15, 0.2) is 11.5 Å². The second-order valence-corrected chi connectivity index (χ2v) is 8.45. The Balaban J connectivity index is 1.76. The fourth-order valence-electron chi connectivity index (χ4n) is 3.06. The van der Waals surface area contributed by atoms with Gasteiger partial charge in [0.25, 0.3) is 15.9 Å². The van der Waals surface area contributed by atoms with E-state index in [4.69, 9.17) is 9.47 Å². The minimum atomic E-state index is -3.76. The second kappa shape index (κ2) is 9.53. The molecular weight excluding hydrogens is 416 g/mol. The molecule has 1 amide bonds. The van der Waals surface area contributed by atoms with E-state index in [2.05, 4.69) is 10.0 Å². The largest absolute Gasteiger partial charge is 0.493 e. The molecule has 0 heterocycles. The van der Waals surface area contributed by atoms with Crippen molar-refractivity contribution >= 4 is 21.6 Å². The molecule has 3 rings (SSSR count). The van der Waals surface area contributed by atoms with Crippen LogP contribution in [0.4, 0.5) is 5.69 Å². The SMILES string of the molecule is COc1ccc(CNC(=O)c2cccc(NS(=O)(=O)c3ccccc3)c2C)cc1OC. The number of rotatable bonds is 8. The maximum atomic E-state index is 12.8. The molecule has 0 spiro atoms. The van der Waals surface area contributed by atoms with Crippen molar-refractivity contribution in [2.45, 2.75) is 18.4 Å². The van der Waals surface area contributed by atoms with Gasteiger partial charge >= 0.3 is 0 Å². The van der Waals surface area contributed by atoms with Crippen molar-refractivity contribution in [3.63, 3.8) is 0 Å². The summed E-state index contributed by atoms with van der Waals surface area (Å²) in [6.45, 7) is 1.98. The molecule has 0 aliphatic heterocycles. The summed E-state index contributed by atoms with van der Waals surface area (Å²) in [5.74, 6) is 0.864. The number of carbonyl (C=O) groups excluding carboxylic acids is 1. The van der Waals surface area contributed by atoms with Crippen molar-refractivity contribution in [2.24, 2.45) is 0 Å². The van der Waals surface area contributed by atoms with Gasteiger partial charge in [-0.15, -0.1) is 0 Å². The first kappa shape index (κ1) is 22.2. The summed E-state index contributed by atoms with van der Waals surface area (Å²) in [6.07, 6.45) is 0. The van der Waals surface area contributed by atoms with E-state index in [0.29, 0.717) is 28.3 Å². The lowest BCUT2D eigenvalue weighted by atomic mass is 10.1. The lowest BCUT2D eigenvalue weighted by molar-refractivity contribution is 0.0950. The summed E-state index contributed by atoms with van der Waals surface area (Å²) in [7, 11) is -0.652. The Labute approximate surface area is 182 Å². The second-order valence-electron chi connectivity index (χ2n) is 6.77. The van der Waals surface area contributed by atoms with Crippen molar-refractivity contribution in [2.75, 3.05) is 18.9 Å². The molecule has 0 atom stereocenters. The van der Waals surface area contributed by atoms with E-state index in [-0.39, 0.29) is 17.3 Å². The topological polar surface area (TPSA) is 93.7 Å². The summed E-state index contributed by atoms with van der Waals surface area (Å²) in [6, 6.07) is 18.4. The van der Waals surface area contributed by atoms with Crippen LogP contribution >= 0.6 is 0 Å². The number of benzene rings is 3. The van der Waals surface area contributed by atoms with E-state index in [0.717, 1.165) is 5.56 Å². The van der Waals surface area contributed by atoms with Crippen LogP contribution in [0.3, 0.4) is 0 Å². The lowest BCUT2D eigenvalue weighted by Crippen LogP contribution is -2.24. The van der Waals surface area contributed by atoms with Crippen molar-refractivity contribution in [1.29, 1.82) is 0 Å². The first-order valence-electron chi connectivity index (χ1n) is 9.52. The molecule has 0 aliphatic carbocycles. The summed E-state index contributed by atoms with van der Waals surface area (Å²) in [4.78, 5) is 12.9. The zero-order valence-electron chi connectivity index (χ0n) is 17.5. The Bertz CT molecular complexity index is 1180. The van der Waals surface area contributed by atoms with E-state index in [9.17, 15) is 13.2 Å². The number of anilines is 1. The van der Waals surface area contributed by atoms with Crippen LogP contribution in [0.1, 0.15) is 21.5 Å². The maximum absolute atomic E-state index is 12.8. The minimum Gasteiger partial charge on any atom is -0.493 e. The van der Waals surface area contributed by atoms with E-state index in [1.54, 1.807) is 69.7 Å². The quantitative estimate of drug-likeness (QED) is 0.557. The van der Waals surface area contributed by atoms with Crippen LogP contribution in [-0.2, 0) is 16.6 Å². The van der Waals surface area contributed by atoms with Gasteiger partial charge in [-0.1, -0.05) is 30.3 Å². The average molecular weight is 441 g/mol. The Morgan fingerprint density at radius 1 is 0.903 bits per heavy atom. The number of carbonyl (C=O) groups is 1. The highest BCUT2D eigenvalue weighted by atomic mass is 32.2. The predicted molar refractivity (Wildman–Crippen MR) is 119 cm³/mol. The third-order valence-electron chi connectivity index (χ3n) is 4.78. The monoisotopic (exact) mass is 440 g/mol. The van der Waals surface area contributed by atoms with Crippen LogP contribution in [0.2, 0.25) is 0 Å². The fourth-order valence-corrected chi connectivity index (χ4v) is 4.21. The van der Waals surface area contributed by atoms with Crippen molar-refractivity contribution in [1.82, 2.24) is 5.32 Å². The number of hydrogen-bond donors (Lipinski definition) is 2. The number of amides is 1. The van der Waals surface area contributed by atoms with Crippen molar-refractivity contribution in [3.05, 3.63) is 83.4 Å². The Morgan fingerprint density at radius 2 is 1.61 bits per heavy atom. The molecule has 0 bridgehead atoms. The molecule has 8 heteroatoms. The molecule has 0 unspecified atom stereocenters. The molecule has 0 fully saturated rings. The van der Waals surface area contributed by atoms with E-state index >= 15 is 0 Å². The third-order valence-corrected chi connectivity index (χ3v) is 6.16. The van der Waals surface area contributed by atoms with Gasteiger partial charge in [0.05, 0.1) is 24.8 Å². The molecule has 0 aliphatic rings. The van der Waals surface area contributed by atoms with Gasteiger partial charge in [0.2, 0.25) is 0 Å². The van der Waals surface area contributed by atoms with Gasteiger partial charge in [-0.2, -0.15) is 0 Å². The van der Waals surface area contributed by atoms with Gasteiger partial charge in [-0.25, -0.2) is 8.42 Å². The normalized spacial score (nSPS) is 10.9. The van der Waals surface area contributed by atoms with E-state index in [1.165, 1.54) is 12.1 Å². The standard InChI is InChI=1S/C23H24N2O5S/c1-16-19(23(26)24-15-17-12-13-21(29-2)22(14-17)30-3)10-7-11-20(16)25-31(27,28)18-8-5-4-6-9-18/h4-14,25H,15H2,1-3H3,(H,24,26). The Kier molecular flexibility index (Phi) is 6.81. The van der Waals surface area contributed by atoms with Crippen LogP contribution in [-0.4, -0.2) is 28.5 Å². The highest BCUT2D eigenvalue weighted by Gasteiger charge is 2.18. The van der Waals surface area contributed by atoms with Crippen LogP contribution in [0.5, 0.6) is 11.5 Å². The molecule has 0 saturated carbocycles. The maximum Gasteiger partial charge on any atom is 0.261 e. The Hall–Kier alpha value is -3.52. The minimum absolute atomic E-state index is 0.151. The number of hydrogen-bond acceptors (Lipinski definition) is 5. The van der Waals surface area contributed by atoms with E-state index < -0.39 is 10.0 Å². The first-order valence-corrected chi connectivity index (χ1v) is 11.0. The molecule has 31 heavy (non-hydrogen) atoms. The highest BCUT2D eigenvalue weighted by molar-refractivity contribution is 7.92. The fraction of sp³-hybridized carbons (Fsp3) is 0.174. The van der Waals surface area contributed by atoms with Gasteiger partial charge < -0.3 is 14.8 Å². The first-order chi connectivity index (χ1) is 14.9. The van der Waals surface area contributed by atoms with Gasteiger partial charge in [-0.3, -0.25) is 9.52 Å². The zero-order valence-corrected chi connectivity index (χ0v) is 18.3. The molecular formula is C23H24N2O5S. The smallest absolute Gasteiger partial charge is 0.261 e.